The molecular weight excluding hydrogens is 280 g/mol. The summed E-state index contributed by atoms with van der Waals surface area (Å²) in [5.74, 6) is 0.958. The highest BCUT2D eigenvalue weighted by Gasteiger charge is 2.27. The zero-order chi connectivity index (χ0) is 15.7. The minimum Gasteiger partial charge on any atom is -0.459 e. The Labute approximate surface area is 130 Å². The van der Waals surface area contributed by atoms with E-state index in [-0.39, 0.29) is 6.10 Å². The molecule has 2 heterocycles. The fourth-order valence-electron chi connectivity index (χ4n) is 3.01. The van der Waals surface area contributed by atoms with E-state index in [1.165, 1.54) is 0 Å². The summed E-state index contributed by atoms with van der Waals surface area (Å²) < 4.78 is 7.52. The molecule has 0 saturated heterocycles. The van der Waals surface area contributed by atoms with Gasteiger partial charge in [0.15, 0.2) is 11.5 Å². The minimum absolute atomic E-state index is 0.0680. The van der Waals surface area contributed by atoms with E-state index in [0.29, 0.717) is 29.4 Å². The van der Waals surface area contributed by atoms with Crippen molar-refractivity contribution < 1.29 is 4.74 Å². The van der Waals surface area contributed by atoms with E-state index < -0.39 is 0 Å². The molecule has 0 aromatic carbocycles. The molecule has 1 aliphatic rings. The number of fused-ring (bicyclic) bond motifs is 1. The van der Waals surface area contributed by atoms with Gasteiger partial charge in [-0.15, -0.1) is 5.10 Å². The zero-order valence-corrected chi connectivity index (χ0v) is 13.2. The highest BCUT2D eigenvalue weighted by atomic mass is 16.5. The molecular formula is C15H24N6O. The summed E-state index contributed by atoms with van der Waals surface area (Å²) in [5.41, 5.74) is 13.5. The lowest BCUT2D eigenvalue weighted by Crippen LogP contribution is -2.37. The Bertz CT molecular complexity index is 649. The van der Waals surface area contributed by atoms with Crippen molar-refractivity contribution in [2.75, 3.05) is 5.73 Å². The second-order valence-electron chi connectivity index (χ2n) is 6.28. The van der Waals surface area contributed by atoms with Crippen LogP contribution in [0.3, 0.4) is 0 Å². The number of rotatable bonds is 6. The largest absolute Gasteiger partial charge is 0.459 e. The predicted octanol–water partition coefficient (Wildman–Crippen LogP) is 1.55. The number of hydrogen-bond acceptors (Lipinski definition) is 6. The second-order valence-corrected chi connectivity index (χ2v) is 6.28. The number of aromatic nitrogens is 4. The van der Waals surface area contributed by atoms with Gasteiger partial charge in [-0.25, -0.2) is 9.50 Å². The number of imidazole rings is 1. The van der Waals surface area contributed by atoms with Gasteiger partial charge in [0.05, 0.1) is 18.0 Å². The van der Waals surface area contributed by atoms with Crippen molar-refractivity contribution in [1.82, 2.24) is 19.6 Å². The van der Waals surface area contributed by atoms with Crippen molar-refractivity contribution in [3.8, 4) is 6.01 Å². The van der Waals surface area contributed by atoms with Gasteiger partial charge in [0, 0.05) is 6.04 Å². The van der Waals surface area contributed by atoms with Gasteiger partial charge in [-0.3, -0.25) is 0 Å². The first-order valence-electron chi connectivity index (χ1n) is 7.99. The molecule has 2 aromatic rings. The SMILES string of the molecule is CCC[C@H](C)Oc1nc(N)c2ncc(CC3CC(N)C3)n2n1. The fraction of sp³-hybridized carbons (Fsp3) is 0.667. The molecule has 4 N–H and O–H groups in total. The third kappa shape index (κ3) is 2.99. The zero-order valence-electron chi connectivity index (χ0n) is 13.2. The van der Waals surface area contributed by atoms with Gasteiger partial charge in [0.1, 0.15) is 0 Å². The van der Waals surface area contributed by atoms with Crippen LogP contribution in [0, 0.1) is 5.92 Å². The standard InChI is InChI=1S/C15H24N6O/c1-3-4-9(2)22-15-19-13(17)14-18-8-12(21(14)20-15)7-10-5-11(16)6-10/h8-11H,3-7,16H2,1-2H3,(H2,17,19,20)/t9-,10?,11?/m0/s1. The Kier molecular flexibility index (Phi) is 4.15. The van der Waals surface area contributed by atoms with Crippen molar-refractivity contribution in [2.24, 2.45) is 11.7 Å². The Morgan fingerprint density at radius 2 is 2.23 bits per heavy atom. The van der Waals surface area contributed by atoms with Gasteiger partial charge in [-0.1, -0.05) is 13.3 Å². The topological polar surface area (TPSA) is 104 Å². The molecule has 0 amide bonds. The van der Waals surface area contributed by atoms with Crippen molar-refractivity contribution >= 4 is 11.5 Å². The van der Waals surface area contributed by atoms with Crippen LogP contribution < -0.4 is 16.2 Å². The number of nitrogens with two attached hydrogens (primary N) is 2. The third-order valence-corrected chi connectivity index (χ3v) is 4.21. The Morgan fingerprint density at radius 1 is 1.45 bits per heavy atom. The highest BCUT2D eigenvalue weighted by Crippen LogP contribution is 2.29. The predicted molar refractivity (Wildman–Crippen MR) is 84.6 cm³/mol. The van der Waals surface area contributed by atoms with Crippen molar-refractivity contribution in [2.45, 2.75) is 58.1 Å². The normalized spacial score (nSPS) is 22.5. The molecule has 22 heavy (non-hydrogen) atoms. The van der Waals surface area contributed by atoms with Crippen molar-refractivity contribution in [3.63, 3.8) is 0 Å². The molecule has 1 atom stereocenters. The van der Waals surface area contributed by atoms with Crippen molar-refractivity contribution in [1.29, 1.82) is 0 Å². The van der Waals surface area contributed by atoms with Crippen molar-refractivity contribution in [3.05, 3.63) is 11.9 Å². The van der Waals surface area contributed by atoms with Crippen LogP contribution in [0.5, 0.6) is 6.01 Å². The highest BCUT2D eigenvalue weighted by molar-refractivity contribution is 5.59. The summed E-state index contributed by atoms with van der Waals surface area (Å²) in [6.07, 6.45) is 6.93. The molecule has 1 fully saturated rings. The van der Waals surface area contributed by atoms with Gasteiger partial charge in [0.25, 0.3) is 0 Å². The van der Waals surface area contributed by atoms with E-state index in [1.54, 1.807) is 4.52 Å². The maximum absolute atomic E-state index is 5.98. The Hall–Kier alpha value is -1.89. The molecule has 0 unspecified atom stereocenters. The summed E-state index contributed by atoms with van der Waals surface area (Å²) >= 11 is 0. The molecule has 1 saturated carbocycles. The first-order valence-corrected chi connectivity index (χ1v) is 7.99. The van der Waals surface area contributed by atoms with Gasteiger partial charge >= 0.3 is 6.01 Å². The lowest BCUT2D eigenvalue weighted by Gasteiger charge is -2.32. The van der Waals surface area contributed by atoms with E-state index in [9.17, 15) is 0 Å². The number of hydrogen-bond donors (Lipinski definition) is 2. The summed E-state index contributed by atoms with van der Waals surface area (Å²) in [4.78, 5) is 8.53. The van der Waals surface area contributed by atoms with E-state index in [1.807, 2.05) is 13.1 Å². The monoisotopic (exact) mass is 304 g/mol. The summed E-state index contributed by atoms with van der Waals surface area (Å²) in [5, 5.41) is 4.46. The van der Waals surface area contributed by atoms with E-state index in [0.717, 1.165) is 37.8 Å². The van der Waals surface area contributed by atoms with E-state index in [4.69, 9.17) is 16.2 Å². The Morgan fingerprint density at radius 3 is 2.91 bits per heavy atom. The molecule has 0 radical (unpaired) electrons. The lowest BCUT2D eigenvalue weighted by atomic mass is 9.78. The van der Waals surface area contributed by atoms with Crippen LogP contribution in [0.2, 0.25) is 0 Å². The Balaban J connectivity index is 1.83. The summed E-state index contributed by atoms with van der Waals surface area (Å²) in [6.45, 7) is 4.13. The molecule has 0 spiro atoms. The molecule has 1 aliphatic carbocycles. The van der Waals surface area contributed by atoms with Crippen LogP contribution in [-0.2, 0) is 6.42 Å². The fourth-order valence-corrected chi connectivity index (χ4v) is 3.01. The van der Waals surface area contributed by atoms with Gasteiger partial charge in [-0.05, 0) is 38.5 Å². The van der Waals surface area contributed by atoms with Crippen LogP contribution in [0.25, 0.3) is 5.65 Å². The molecule has 2 aromatic heterocycles. The van der Waals surface area contributed by atoms with Crippen LogP contribution in [0.4, 0.5) is 5.82 Å². The summed E-state index contributed by atoms with van der Waals surface area (Å²) in [7, 11) is 0. The third-order valence-electron chi connectivity index (χ3n) is 4.21. The van der Waals surface area contributed by atoms with Crippen LogP contribution in [-0.4, -0.2) is 31.7 Å². The number of nitrogen functional groups attached to an aromatic ring is 1. The second kappa shape index (κ2) is 6.08. The maximum atomic E-state index is 5.98. The summed E-state index contributed by atoms with van der Waals surface area (Å²) in [6, 6.07) is 0.660. The smallest absolute Gasteiger partial charge is 0.336 e. The van der Waals surface area contributed by atoms with Crippen LogP contribution >= 0.6 is 0 Å². The first-order chi connectivity index (χ1) is 10.6. The lowest BCUT2D eigenvalue weighted by molar-refractivity contribution is 0.189. The van der Waals surface area contributed by atoms with Gasteiger partial charge in [-0.2, -0.15) is 4.98 Å². The average Bonchev–Trinajstić information content (AvgIpc) is 2.81. The molecule has 7 heteroatoms. The first kappa shape index (κ1) is 15.0. The molecule has 120 valence electrons. The maximum Gasteiger partial charge on any atom is 0.336 e. The van der Waals surface area contributed by atoms with Crippen LogP contribution in [0.1, 0.15) is 45.2 Å². The van der Waals surface area contributed by atoms with Gasteiger partial charge < -0.3 is 16.2 Å². The molecule has 7 nitrogen and oxygen atoms in total. The number of ether oxygens (including phenoxy) is 1. The van der Waals surface area contributed by atoms with E-state index in [2.05, 4.69) is 22.0 Å². The number of anilines is 1. The molecule has 0 bridgehead atoms. The number of nitrogens with zero attached hydrogens (tertiary/aromatic N) is 4. The molecule has 3 rings (SSSR count). The quantitative estimate of drug-likeness (QED) is 0.839. The van der Waals surface area contributed by atoms with Gasteiger partial charge in [0.2, 0.25) is 0 Å². The van der Waals surface area contributed by atoms with E-state index >= 15 is 0 Å². The average molecular weight is 304 g/mol. The van der Waals surface area contributed by atoms with Crippen LogP contribution in [0.15, 0.2) is 6.20 Å². The molecule has 0 aliphatic heterocycles. The minimum atomic E-state index is 0.0680.